The maximum Gasteiger partial charge on any atom is 0.410 e. The zero-order chi connectivity index (χ0) is 13.9. The van der Waals surface area contributed by atoms with Crippen LogP contribution in [0.3, 0.4) is 0 Å². The number of nitrogens with one attached hydrogen (secondary N) is 1. The van der Waals surface area contributed by atoms with Crippen LogP contribution in [-0.2, 0) is 0 Å². The van der Waals surface area contributed by atoms with E-state index in [1.807, 2.05) is 12.1 Å². The second kappa shape index (κ2) is 4.93. The van der Waals surface area contributed by atoms with Crippen molar-refractivity contribution in [1.82, 2.24) is 9.97 Å². The van der Waals surface area contributed by atoms with Crippen molar-refractivity contribution in [3.05, 3.63) is 49.2 Å². The van der Waals surface area contributed by atoms with Crippen LogP contribution in [0.15, 0.2) is 53.6 Å². The highest BCUT2D eigenvalue weighted by molar-refractivity contribution is 5.78. The topological polar surface area (TPSA) is 94.1 Å². The molecule has 3 rings (SSSR count). The molecule has 0 unspecified atom stereocenters. The summed E-state index contributed by atoms with van der Waals surface area (Å²) in [5, 5.41) is 0. The van der Waals surface area contributed by atoms with Crippen molar-refractivity contribution < 1.29 is 13.9 Å². The van der Waals surface area contributed by atoms with Gasteiger partial charge in [-0.05, 0) is 18.2 Å². The number of nitrogens with two attached hydrogens (primary N) is 1. The zero-order valence-electron chi connectivity index (χ0n) is 10.4. The molecule has 0 aliphatic carbocycles. The Hall–Kier alpha value is -3.02. The van der Waals surface area contributed by atoms with Gasteiger partial charge in [-0.3, -0.25) is 4.98 Å². The average molecular weight is 269 g/mol. The van der Waals surface area contributed by atoms with Gasteiger partial charge in [0.05, 0.1) is 18.2 Å². The van der Waals surface area contributed by atoms with Crippen molar-refractivity contribution in [2.24, 2.45) is 5.73 Å². The summed E-state index contributed by atoms with van der Waals surface area (Å²) < 4.78 is 10.1. The Morgan fingerprint density at radius 1 is 1.25 bits per heavy atom. The summed E-state index contributed by atoms with van der Waals surface area (Å²) in [6, 6.07) is 7.16. The molecule has 20 heavy (non-hydrogen) atoms. The molecule has 3 heterocycles. The highest BCUT2D eigenvalue weighted by Gasteiger charge is 2.15. The van der Waals surface area contributed by atoms with E-state index in [1.165, 1.54) is 6.26 Å². The van der Waals surface area contributed by atoms with E-state index >= 15 is 0 Å². The first-order chi connectivity index (χ1) is 9.74. The highest BCUT2D eigenvalue weighted by Crippen LogP contribution is 2.34. The number of primary amides is 1. The van der Waals surface area contributed by atoms with E-state index < -0.39 is 6.09 Å². The molecule has 3 aromatic heterocycles. The summed E-state index contributed by atoms with van der Waals surface area (Å²) in [6.45, 7) is 0. The van der Waals surface area contributed by atoms with Gasteiger partial charge in [0.1, 0.15) is 0 Å². The number of hydrogen-bond donors (Lipinski definition) is 2. The van der Waals surface area contributed by atoms with Crippen LogP contribution in [0.25, 0.3) is 22.5 Å². The van der Waals surface area contributed by atoms with Crippen molar-refractivity contribution in [3.63, 3.8) is 0 Å². The molecule has 3 N–H and O–H groups in total. The predicted molar refractivity (Wildman–Crippen MR) is 71.9 cm³/mol. The molecule has 0 aliphatic rings. The van der Waals surface area contributed by atoms with Crippen LogP contribution in [-0.4, -0.2) is 16.1 Å². The molecule has 6 nitrogen and oxygen atoms in total. The molecule has 0 fully saturated rings. The van der Waals surface area contributed by atoms with E-state index in [0.29, 0.717) is 11.4 Å². The van der Waals surface area contributed by atoms with Crippen LogP contribution in [0, 0.1) is 0 Å². The Morgan fingerprint density at radius 2 is 2.05 bits per heavy atom. The summed E-state index contributed by atoms with van der Waals surface area (Å²) in [7, 11) is 0. The van der Waals surface area contributed by atoms with Gasteiger partial charge < -0.3 is 19.9 Å². The lowest BCUT2D eigenvalue weighted by Crippen LogP contribution is -2.16. The lowest BCUT2D eigenvalue weighted by molar-refractivity contribution is 0.211. The van der Waals surface area contributed by atoms with E-state index in [-0.39, 0.29) is 0 Å². The summed E-state index contributed by atoms with van der Waals surface area (Å²) in [6.07, 6.45) is 5.59. The van der Waals surface area contributed by atoms with Gasteiger partial charge in [-0.15, -0.1) is 0 Å². The third kappa shape index (κ3) is 2.26. The maximum atomic E-state index is 11.0. The van der Waals surface area contributed by atoms with Crippen LogP contribution in [0.2, 0.25) is 0 Å². The number of rotatable bonds is 3. The minimum absolute atomic E-state index is 0.353. The van der Waals surface area contributed by atoms with Crippen molar-refractivity contribution >= 4 is 6.09 Å². The molecule has 100 valence electrons. The average Bonchev–Trinajstić information content (AvgIpc) is 3.08. The van der Waals surface area contributed by atoms with Crippen molar-refractivity contribution in [2.75, 3.05) is 0 Å². The normalized spacial score (nSPS) is 10.4. The molecule has 3 aromatic rings. The molecule has 0 radical (unpaired) electrons. The van der Waals surface area contributed by atoms with Gasteiger partial charge in [-0.1, -0.05) is 0 Å². The third-order valence-corrected chi connectivity index (χ3v) is 2.79. The second-order valence-electron chi connectivity index (χ2n) is 4.09. The Balaban J connectivity index is 2.08. The number of ether oxygens (including phenoxy) is 1. The third-order valence-electron chi connectivity index (χ3n) is 2.79. The molecule has 0 saturated heterocycles. The number of aromatic amines is 1. The fourth-order valence-corrected chi connectivity index (χ4v) is 1.93. The Bertz CT molecular complexity index is 717. The molecular weight excluding hydrogens is 258 g/mol. The van der Waals surface area contributed by atoms with E-state index in [1.54, 1.807) is 30.8 Å². The van der Waals surface area contributed by atoms with E-state index in [9.17, 15) is 4.79 Å². The Morgan fingerprint density at radius 3 is 2.70 bits per heavy atom. The number of carbonyl (C=O) groups is 1. The van der Waals surface area contributed by atoms with Gasteiger partial charge in [-0.2, -0.15) is 0 Å². The van der Waals surface area contributed by atoms with Gasteiger partial charge in [0.25, 0.3) is 0 Å². The number of pyridine rings is 1. The number of amides is 1. The second-order valence-corrected chi connectivity index (χ2v) is 4.09. The number of aromatic nitrogens is 2. The van der Waals surface area contributed by atoms with Gasteiger partial charge in [0.15, 0.2) is 5.75 Å². The first kappa shape index (κ1) is 12.0. The number of nitrogens with zero attached hydrogens (tertiary/aromatic N) is 1. The number of carbonyl (C=O) groups excluding carboxylic acids is 1. The summed E-state index contributed by atoms with van der Waals surface area (Å²) in [4.78, 5) is 18.1. The molecular formula is C14H11N3O3. The standard InChI is InChI=1S/C14H11N3O3/c15-14(18)20-12-7-11(9-1-4-16-5-2-9)17-13(12)10-3-6-19-8-10/h1-8,17H,(H2,15,18). The van der Waals surface area contributed by atoms with Crippen LogP contribution in [0.5, 0.6) is 5.75 Å². The van der Waals surface area contributed by atoms with E-state index in [0.717, 1.165) is 16.8 Å². The van der Waals surface area contributed by atoms with Gasteiger partial charge in [0, 0.05) is 35.3 Å². The fourth-order valence-electron chi connectivity index (χ4n) is 1.93. The highest BCUT2D eigenvalue weighted by atomic mass is 16.5. The molecule has 0 bridgehead atoms. The molecule has 0 aromatic carbocycles. The Labute approximate surface area is 114 Å². The monoisotopic (exact) mass is 269 g/mol. The van der Waals surface area contributed by atoms with Crippen LogP contribution in [0.1, 0.15) is 0 Å². The van der Waals surface area contributed by atoms with Gasteiger partial charge in [0.2, 0.25) is 0 Å². The zero-order valence-corrected chi connectivity index (χ0v) is 10.4. The lowest BCUT2D eigenvalue weighted by atomic mass is 10.2. The molecule has 6 heteroatoms. The minimum atomic E-state index is -0.866. The lowest BCUT2D eigenvalue weighted by Gasteiger charge is -1.99. The van der Waals surface area contributed by atoms with Crippen LogP contribution >= 0.6 is 0 Å². The van der Waals surface area contributed by atoms with Crippen LogP contribution < -0.4 is 10.5 Å². The number of furan rings is 1. The summed E-state index contributed by atoms with van der Waals surface area (Å²) >= 11 is 0. The van der Waals surface area contributed by atoms with Gasteiger partial charge in [-0.25, -0.2) is 4.79 Å². The first-order valence-corrected chi connectivity index (χ1v) is 5.87. The molecule has 0 aliphatic heterocycles. The SMILES string of the molecule is NC(=O)Oc1cc(-c2ccncc2)[nH]c1-c1ccoc1. The van der Waals surface area contributed by atoms with Gasteiger partial charge >= 0.3 is 6.09 Å². The summed E-state index contributed by atoms with van der Waals surface area (Å²) in [5.41, 5.74) is 8.19. The predicted octanol–water partition coefficient (Wildman–Crippen LogP) is 2.79. The first-order valence-electron chi connectivity index (χ1n) is 5.87. The molecule has 0 spiro atoms. The number of H-pyrrole nitrogens is 1. The van der Waals surface area contributed by atoms with Crippen molar-refractivity contribution in [2.45, 2.75) is 0 Å². The van der Waals surface area contributed by atoms with Crippen LogP contribution in [0.4, 0.5) is 4.79 Å². The van der Waals surface area contributed by atoms with Crippen molar-refractivity contribution in [3.8, 4) is 28.3 Å². The number of hydrogen-bond acceptors (Lipinski definition) is 4. The largest absolute Gasteiger partial charge is 0.472 e. The molecule has 0 atom stereocenters. The minimum Gasteiger partial charge on any atom is -0.472 e. The maximum absolute atomic E-state index is 11.0. The Kier molecular flexibility index (Phi) is 2.96. The summed E-state index contributed by atoms with van der Waals surface area (Å²) in [5.74, 6) is 0.353. The fraction of sp³-hybridized carbons (Fsp3) is 0. The molecule has 0 saturated carbocycles. The smallest absolute Gasteiger partial charge is 0.410 e. The van der Waals surface area contributed by atoms with E-state index in [4.69, 9.17) is 14.9 Å². The van der Waals surface area contributed by atoms with E-state index in [2.05, 4.69) is 9.97 Å². The quantitative estimate of drug-likeness (QED) is 0.764. The van der Waals surface area contributed by atoms with Crippen molar-refractivity contribution in [1.29, 1.82) is 0 Å². The molecule has 1 amide bonds.